The van der Waals surface area contributed by atoms with Gasteiger partial charge >= 0.3 is 0 Å². The maximum absolute atomic E-state index is 4.13. The standard InChI is InChI=1S/C11H21N5/c1-16-14-11(13-15-16)9-12-8-7-10-5-3-2-4-6-10/h10,12H,2-9H2,1H3. The van der Waals surface area contributed by atoms with Crippen molar-refractivity contribution in [3.05, 3.63) is 5.82 Å². The summed E-state index contributed by atoms with van der Waals surface area (Å²) in [5.74, 6) is 1.72. The number of hydrogen-bond acceptors (Lipinski definition) is 4. The summed E-state index contributed by atoms with van der Waals surface area (Å²) in [4.78, 5) is 1.50. The Morgan fingerprint density at radius 3 is 2.81 bits per heavy atom. The van der Waals surface area contributed by atoms with E-state index in [-0.39, 0.29) is 0 Å². The molecule has 90 valence electrons. The molecule has 2 rings (SSSR count). The van der Waals surface area contributed by atoms with Gasteiger partial charge in [-0.3, -0.25) is 0 Å². The van der Waals surface area contributed by atoms with Crippen LogP contribution in [0.5, 0.6) is 0 Å². The normalized spacial score (nSPS) is 17.8. The number of nitrogens with zero attached hydrogens (tertiary/aromatic N) is 4. The van der Waals surface area contributed by atoms with E-state index in [0.717, 1.165) is 24.8 Å². The number of tetrazole rings is 1. The fourth-order valence-corrected chi connectivity index (χ4v) is 2.38. The van der Waals surface area contributed by atoms with Gasteiger partial charge in [0.15, 0.2) is 5.82 Å². The molecule has 5 nitrogen and oxygen atoms in total. The van der Waals surface area contributed by atoms with Crippen LogP contribution in [0.1, 0.15) is 44.3 Å². The Kier molecular flexibility index (Phi) is 4.27. The molecule has 0 amide bonds. The van der Waals surface area contributed by atoms with E-state index in [1.54, 1.807) is 7.05 Å². The summed E-state index contributed by atoms with van der Waals surface area (Å²) in [6.45, 7) is 1.81. The van der Waals surface area contributed by atoms with Crippen LogP contribution >= 0.6 is 0 Å². The van der Waals surface area contributed by atoms with Gasteiger partial charge in [0.2, 0.25) is 0 Å². The zero-order chi connectivity index (χ0) is 11.2. The first kappa shape index (κ1) is 11.5. The largest absolute Gasteiger partial charge is 0.310 e. The van der Waals surface area contributed by atoms with Gasteiger partial charge in [0.1, 0.15) is 0 Å². The van der Waals surface area contributed by atoms with Crippen LogP contribution in [0.4, 0.5) is 0 Å². The van der Waals surface area contributed by atoms with E-state index in [1.807, 2.05) is 0 Å². The van der Waals surface area contributed by atoms with Gasteiger partial charge in [-0.15, -0.1) is 10.2 Å². The predicted molar refractivity (Wildman–Crippen MR) is 61.7 cm³/mol. The Morgan fingerprint density at radius 2 is 2.12 bits per heavy atom. The van der Waals surface area contributed by atoms with E-state index >= 15 is 0 Å². The lowest BCUT2D eigenvalue weighted by atomic mass is 9.87. The van der Waals surface area contributed by atoms with Crippen molar-refractivity contribution in [3.8, 4) is 0 Å². The molecule has 0 saturated heterocycles. The van der Waals surface area contributed by atoms with E-state index in [0.29, 0.717) is 0 Å². The van der Waals surface area contributed by atoms with E-state index < -0.39 is 0 Å². The molecule has 1 fully saturated rings. The van der Waals surface area contributed by atoms with E-state index in [1.165, 1.54) is 43.3 Å². The van der Waals surface area contributed by atoms with Gasteiger partial charge in [0, 0.05) is 0 Å². The van der Waals surface area contributed by atoms with Gasteiger partial charge in [-0.25, -0.2) is 0 Å². The van der Waals surface area contributed by atoms with Crippen molar-refractivity contribution in [2.24, 2.45) is 13.0 Å². The van der Waals surface area contributed by atoms with Crippen molar-refractivity contribution in [3.63, 3.8) is 0 Å². The first-order chi connectivity index (χ1) is 7.84. The number of nitrogens with one attached hydrogen (secondary N) is 1. The molecule has 0 spiro atoms. The SMILES string of the molecule is Cn1nnc(CNCCC2CCCCC2)n1. The molecule has 0 unspecified atom stereocenters. The highest BCUT2D eigenvalue weighted by molar-refractivity contribution is 4.75. The van der Waals surface area contributed by atoms with Crippen LogP contribution in [-0.4, -0.2) is 26.8 Å². The molecule has 0 atom stereocenters. The molecule has 16 heavy (non-hydrogen) atoms. The van der Waals surface area contributed by atoms with Crippen LogP contribution in [0.2, 0.25) is 0 Å². The van der Waals surface area contributed by atoms with Crippen LogP contribution in [0.3, 0.4) is 0 Å². The van der Waals surface area contributed by atoms with Crippen LogP contribution in [-0.2, 0) is 13.6 Å². The van der Waals surface area contributed by atoms with Crippen LogP contribution < -0.4 is 5.32 Å². The number of aromatic nitrogens is 4. The summed E-state index contributed by atoms with van der Waals surface area (Å²) in [5, 5.41) is 15.3. The molecule has 1 saturated carbocycles. The second kappa shape index (κ2) is 5.94. The van der Waals surface area contributed by atoms with Crippen molar-refractivity contribution in [2.45, 2.75) is 45.1 Å². The Labute approximate surface area is 96.6 Å². The Morgan fingerprint density at radius 1 is 1.31 bits per heavy atom. The highest BCUT2D eigenvalue weighted by atomic mass is 15.6. The second-order valence-corrected chi connectivity index (χ2v) is 4.66. The van der Waals surface area contributed by atoms with Gasteiger partial charge < -0.3 is 5.32 Å². The van der Waals surface area contributed by atoms with E-state index in [4.69, 9.17) is 0 Å². The number of rotatable bonds is 5. The zero-order valence-corrected chi connectivity index (χ0v) is 10.0. The van der Waals surface area contributed by atoms with E-state index in [2.05, 4.69) is 20.7 Å². The molecule has 1 aromatic rings. The summed E-state index contributed by atoms with van der Waals surface area (Å²) in [5.41, 5.74) is 0. The number of hydrogen-bond donors (Lipinski definition) is 1. The highest BCUT2D eigenvalue weighted by Crippen LogP contribution is 2.25. The van der Waals surface area contributed by atoms with Crippen molar-refractivity contribution < 1.29 is 0 Å². The first-order valence-corrected chi connectivity index (χ1v) is 6.28. The Hall–Kier alpha value is -0.970. The summed E-state index contributed by atoms with van der Waals surface area (Å²) in [6, 6.07) is 0. The van der Waals surface area contributed by atoms with Gasteiger partial charge in [-0.05, 0) is 24.1 Å². The van der Waals surface area contributed by atoms with Crippen LogP contribution in [0.25, 0.3) is 0 Å². The molecule has 1 aromatic heterocycles. The molecule has 0 radical (unpaired) electrons. The second-order valence-electron chi connectivity index (χ2n) is 4.66. The molecule has 1 aliphatic carbocycles. The minimum Gasteiger partial charge on any atom is -0.310 e. The molecule has 5 heteroatoms. The lowest BCUT2D eigenvalue weighted by Crippen LogP contribution is -2.19. The predicted octanol–water partition coefficient (Wildman–Crippen LogP) is 1.27. The van der Waals surface area contributed by atoms with Gasteiger partial charge in [-0.1, -0.05) is 32.1 Å². The zero-order valence-electron chi connectivity index (χ0n) is 10.0. The molecule has 1 heterocycles. The molecule has 1 N–H and O–H groups in total. The third-order valence-electron chi connectivity index (χ3n) is 3.29. The fraction of sp³-hybridized carbons (Fsp3) is 0.909. The molecular formula is C11H21N5. The molecular weight excluding hydrogens is 202 g/mol. The fourth-order valence-electron chi connectivity index (χ4n) is 2.38. The summed E-state index contributed by atoms with van der Waals surface area (Å²) < 4.78 is 0. The van der Waals surface area contributed by atoms with Gasteiger partial charge in [0.05, 0.1) is 13.6 Å². The third-order valence-corrected chi connectivity index (χ3v) is 3.29. The summed E-state index contributed by atoms with van der Waals surface area (Å²) >= 11 is 0. The van der Waals surface area contributed by atoms with E-state index in [9.17, 15) is 0 Å². The number of aryl methyl sites for hydroxylation is 1. The van der Waals surface area contributed by atoms with Crippen molar-refractivity contribution in [1.29, 1.82) is 0 Å². The maximum atomic E-state index is 4.13. The maximum Gasteiger partial charge on any atom is 0.188 e. The molecule has 0 aliphatic heterocycles. The Bertz CT molecular complexity index is 303. The summed E-state index contributed by atoms with van der Waals surface area (Å²) in [6.07, 6.45) is 8.43. The van der Waals surface area contributed by atoms with Gasteiger partial charge in [-0.2, -0.15) is 4.80 Å². The van der Waals surface area contributed by atoms with Crippen LogP contribution in [0.15, 0.2) is 0 Å². The smallest absolute Gasteiger partial charge is 0.188 e. The molecule has 0 bridgehead atoms. The minimum absolute atomic E-state index is 0.737. The van der Waals surface area contributed by atoms with Crippen molar-refractivity contribution in [2.75, 3.05) is 6.54 Å². The molecule has 1 aliphatic rings. The highest BCUT2D eigenvalue weighted by Gasteiger charge is 2.12. The topological polar surface area (TPSA) is 55.6 Å². The van der Waals surface area contributed by atoms with Crippen LogP contribution in [0, 0.1) is 5.92 Å². The third kappa shape index (κ3) is 3.56. The van der Waals surface area contributed by atoms with Crippen molar-refractivity contribution >= 4 is 0 Å². The molecule has 0 aromatic carbocycles. The monoisotopic (exact) mass is 223 g/mol. The first-order valence-electron chi connectivity index (χ1n) is 6.28. The Balaban J connectivity index is 1.57. The minimum atomic E-state index is 0.737. The quantitative estimate of drug-likeness (QED) is 0.764. The van der Waals surface area contributed by atoms with Gasteiger partial charge in [0.25, 0.3) is 0 Å². The lowest BCUT2D eigenvalue weighted by Gasteiger charge is -2.21. The lowest BCUT2D eigenvalue weighted by molar-refractivity contribution is 0.333. The average molecular weight is 223 g/mol. The average Bonchev–Trinajstić information content (AvgIpc) is 2.72. The summed E-state index contributed by atoms with van der Waals surface area (Å²) in [7, 11) is 1.79. The van der Waals surface area contributed by atoms with Crippen molar-refractivity contribution in [1.82, 2.24) is 25.5 Å².